The zero-order chi connectivity index (χ0) is 24.0. The molecule has 162 valence electrons. The second-order valence-corrected chi connectivity index (χ2v) is 5.62. The fourth-order valence-corrected chi connectivity index (χ4v) is 1.70. The monoisotopic (exact) mass is 424 g/mol. The first-order valence-corrected chi connectivity index (χ1v) is 8.53. The van der Waals surface area contributed by atoms with Crippen LogP contribution in [0.5, 0.6) is 0 Å². The van der Waals surface area contributed by atoms with Gasteiger partial charge in [0.25, 0.3) is 11.8 Å². The number of amides is 3. The van der Waals surface area contributed by atoms with E-state index in [1.54, 1.807) is 24.5 Å². The molecule has 0 atom stereocenters. The van der Waals surface area contributed by atoms with Crippen molar-refractivity contribution in [2.75, 3.05) is 7.11 Å². The smallest absolute Gasteiger partial charge is 0.337 e. The summed E-state index contributed by atoms with van der Waals surface area (Å²) in [6.45, 7) is 10.1. The van der Waals surface area contributed by atoms with Crippen molar-refractivity contribution < 1.29 is 23.9 Å². The quantitative estimate of drug-likeness (QED) is 0.270. The molecule has 0 bridgehead atoms. The molecular weight excluding hydrogens is 400 g/mol. The lowest BCUT2D eigenvalue weighted by molar-refractivity contribution is -0.133. The van der Waals surface area contributed by atoms with Crippen LogP contribution in [0.4, 0.5) is 0 Å². The molecule has 0 radical (unpaired) electrons. The highest BCUT2D eigenvalue weighted by molar-refractivity contribution is 6.18. The Kier molecular flexibility index (Phi) is 11.6. The maximum Gasteiger partial charge on any atom is 0.337 e. The minimum Gasteiger partial charge on any atom is -0.465 e. The van der Waals surface area contributed by atoms with Crippen molar-refractivity contribution in [2.45, 2.75) is 0 Å². The molecule has 0 aliphatic carbocycles. The predicted octanol–water partition coefficient (Wildman–Crippen LogP) is 0.966. The van der Waals surface area contributed by atoms with Crippen LogP contribution < -0.4 is 17.2 Å². The summed E-state index contributed by atoms with van der Waals surface area (Å²) < 4.78 is 4.53. The van der Waals surface area contributed by atoms with Gasteiger partial charge in [-0.15, -0.1) is 0 Å². The van der Waals surface area contributed by atoms with Gasteiger partial charge in [-0.25, -0.2) is 4.79 Å². The van der Waals surface area contributed by atoms with Gasteiger partial charge in [0.15, 0.2) is 0 Å². The third-order valence-electron chi connectivity index (χ3n) is 3.48. The number of aromatic nitrogens is 1. The zero-order valence-corrected chi connectivity index (χ0v) is 17.0. The van der Waals surface area contributed by atoms with Crippen molar-refractivity contribution in [3.05, 3.63) is 91.3 Å². The highest BCUT2D eigenvalue weighted by atomic mass is 16.5. The lowest BCUT2D eigenvalue weighted by atomic mass is 10.1. The van der Waals surface area contributed by atoms with E-state index >= 15 is 0 Å². The van der Waals surface area contributed by atoms with E-state index in [4.69, 9.17) is 5.73 Å². The second kappa shape index (κ2) is 13.6. The summed E-state index contributed by atoms with van der Waals surface area (Å²) in [6, 6.07) is 12.6. The Morgan fingerprint density at radius 2 is 1.19 bits per heavy atom. The van der Waals surface area contributed by atoms with Crippen LogP contribution in [0.25, 0.3) is 11.1 Å². The third-order valence-corrected chi connectivity index (χ3v) is 3.48. The van der Waals surface area contributed by atoms with Crippen molar-refractivity contribution in [1.82, 2.24) is 4.98 Å². The molecule has 0 saturated carbocycles. The summed E-state index contributed by atoms with van der Waals surface area (Å²) in [5.41, 5.74) is 16.0. The van der Waals surface area contributed by atoms with E-state index in [2.05, 4.69) is 40.9 Å². The number of carbonyl (C=O) groups is 4. The normalized spacial score (nSPS) is 8.81. The van der Waals surface area contributed by atoms with Gasteiger partial charge in [0.1, 0.15) is 0 Å². The fraction of sp³-hybridized carbons (Fsp3) is 0.0455. The van der Waals surface area contributed by atoms with Gasteiger partial charge in [0.05, 0.1) is 18.3 Å². The number of nitrogens with zero attached hydrogens (tertiary/aromatic N) is 1. The summed E-state index contributed by atoms with van der Waals surface area (Å²) in [5.74, 6) is -2.65. The van der Waals surface area contributed by atoms with Gasteiger partial charge in [0.2, 0.25) is 5.91 Å². The van der Waals surface area contributed by atoms with E-state index in [0.717, 1.165) is 5.56 Å². The Morgan fingerprint density at radius 3 is 1.55 bits per heavy atom. The molecular formula is C22H24N4O5. The maximum absolute atomic E-state index is 11.0. The molecule has 0 aliphatic heterocycles. The van der Waals surface area contributed by atoms with Crippen LogP contribution in [0.3, 0.4) is 0 Å². The van der Waals surface area contributed by atoms with Gasteiger partial charge in [-0.2, -0.15) is 0 Å². The number of benzene rings is 1. The van der Waals surface area contributed by atoms with Crippen LogP contribution in [0.1, 0.15) is 11.1 Å². The first kappa shape index (κ1) is 26.5. The molecule has 0 spiro atoms. The van der Waals surface area contributed by atoms with Crippen molar-refractivity contribution >= 4 is 34.8 Å². The number of primary amides is 3. The molecule has 3 amide bonds. The molecule has 1 aromatic carbocycles. The molecule has 9 heteroatoms. The summed E-state index contributed by atoms with van der Waals surface area (Å²) in [5, 5.41) is 0. The number of ether oxygens (including phenoxy) is 1. The number of pyridine rings is 1. The van der Waals surface area contributed by atoms with Crippen LogP contribution >= 0.6 is 0 Å². The first-order chi connectivity index (χ1) is 14.5. The topological polar surface area (TPSA) is 168 Å². The van der Waals surface area contributed by atoms with Gasteiger partial charge >= 0.3 is 5.97 Å². The van der Waals surface area contributed by atoms with Gasteiger partial charge < -0.3 is 21.9 Å². The van der Waals surface area contributed by atoms with Crippen molar-refractivity contribution in [3.8, 4) is 0 Å². The van der Waals surface area contributed by atoms with E-state index < -0.39 is 17.7 Å². The minimum atomic E-state index is -0.877. The van der Waals surface area contributed by atoms with Crippen molar-refractivity contribution in [2.24, 2.45) is 17.2 Å². The summed E-state index contributed by atoms with van der Waals surface area (Å²) in [7, 11) is 1.34. The molecule has 0 unspecified atom stereocenters. The lowest BCUT2D eigenvalue weighted by Crippen LogP contribution is -2.24. The highest BCUT2D eigenvalue weighted by Crippen LogP contribution is 2.12. The number of rotatable bonds is 6. The van der Waals surface area contributed by atoms with E-state index in [0.29, 0.717) is 16.7 Å². The van der Waals surface area contributed by atoms with Gasteiger partial charge in [-0.1, -0.05) is 50.1 Å². The number of nitrogens with two attached hydrogens (primary N) is 3. The molecule has 1 heterocycles. The fourth-order valence-electron chi connectivity index (χ4n) is 1.70. The molecule has 1 aromatic heterocycles. The number of methoxy groups -OCH3 is 1. The molecule has 2 rings (SSSR count). The second-order valence-electron chi connectivity index (χ2n) is 5.62. The molecule has 6 N–H and O–H groups in total. The SMILES string of the molecule is C=C(C(=O)OC)c1ccccc1.C=C(C(N)=O)C(N)=O.C=C(C(N)=O)c1ccncc1. The number of hydrogen-bond donors (Lipinski definition) is 3. The Hall–Kier alpha value is -4.53. The minimum absolute atomic E-state index is 0.312. The summed E-state index contributed by atoms with van der Waals surface area (Å²) in [4.78, 5) is 45.3. The maximum atomic E-state index is 11.0. The average Bonchev–Trinajstić information content (AvgIpc) is 2.78. The number of carbonyl (C=O) groups excluding carboxylic acids is 4. The van der Waals surface area contributed by atoms with E-state index in [-0.39, 0.29) is 11.5 Å². The van der Waals surface area contributed by atoms with Gasteiger partial charge in [0, 0.05) is 18.0 Å². The number of hydrogen-bond acceptors (Lipinski definition) is 6. The van der Waals surface area contributed by atoms with Crippen molar-refractivity contribution in [3.63, 3.8) is 0 Å². The largest absolute Gasteiger partial charge is 0.465 e. The van der Waals surface area contributed by atoms with Crippen LogP contribution in [0.2, 0.25) is 0 Å². The van der Waals surface area contributed by atoms with E-state index in [1.165, 1.54) is 7.11 Å². The molecule has 9 nitrogen and oxygen atoms in total. The van der Waals surface area contributed by atoms with Crippen LogP contribution in [0.15, 0.2) is 80.2 Å². The summed E-state index contributed by atoms with van der Waals surface area (Å²) in [6.07, 6.45) is 3.17. The highest BCUT2D eigenvalue weighted by Gasteiger charge is 2.07. The molecule has 0 saturated heterocycles. The van der Waals surface area contributed by atoms with Gasteiger partial charge in [-0.05, 0) is 23.3 Å². The van der Waals surface area contributed by atoms with Crippen molar-refractivity contribution in [1.29, 1.82) is 0 Å². The Morgan fingerprint density at radius 1 is 0.742 bits per heavy atom. The molecule has 31 heavy (non-hydrogen) atoms. The lowest BCUT2D eigenvalue weighted by Gasteiger charge is -2.01. The number of esters is 1. The Labute approximate surface area is 179 Å². The molecule has 0 aliphatic rings. The van der Waals surface area contributed by atoms with E-state index in [1.807, 2.05) is 30.3 Å². The molecule has 0 fully saturated rings. The Bertz CT molecular complexity index is 954. The Balaban J connectivity index is 0.000000446. The predicted molar refractivity (Wildman–Crippen MR) is 117 cm³/mol. The summed E-state index contributed by atoms with van der Waals surface area (Å²) >= 11 is 0. The molecule has 2 aromatic rings. The van der Waals surface area contributed by atoms with Crippen LogP contribution in [-0.2, 0) is 23.9 Å². The zero-order valence-electron chi connectivity index (χ0n) is 17.0. The van der Waals surface area contributed by atoms with E-state index in [9.17, 15) is 19.2 Å². The van der Waals surface area contributed by atoms with Crippen LogP contribution in [-0.4, -0.2) is 35.8 Å². The van der Waals surface area contributed by atoms with Gasteiger partial charge in [-0.3, -0.25) is 19.4 Å². The van der Waals surface area contributed by atoms with Crippen LogP contribution in [0, 0.1) is 0 Å². The first-order valence-electron chi connectivity index (χ1n) is 8.53. The average molecular weight is 424 g/mol. The third kappa shape index (κ3) is 9.99. The standard InChI is InChI=1S/C10H10O2.C8H8N2O.C4H6N2O2/c1-8(10(11)12-2)9-6-4-3-5-7-9;1-6(8(9)11)7-2-4-10-5-3-7;1-2(3(5)7)4(6)8/h3-7H,1H2,2H3;2-5H,1H2,(H2,9,11);1H2,(H2,5,7)(H2,6,8).